The molecular weight excluding hydrogens is 116 g/mol. The van der Waals surface area contributed by atoms with E-state index in [1.807, 2.05) is 13.8 Å². The van der Waals surface area contributed by atoms with Crippen molar-refractivity contribution in [2.24, 2.45) is 5.92 Å². The minimum absolute atomic E-state index is 0.377. The summed E-state index contributed by atoms with van der Waals surface area (Å²) in [4.78, 5) is 9.92. The molecule has 0 aliphatic heterocycles. The van der Waals surface area contributed by atoms with Crippen molar-refractivity contribution < 1.29 is 9.53 Å². The summed E-state index contributed by atoms with van der Waals surface area (Å²) in [6, 6.07) is 0. The molecule has 1 atom stereocenters. The van der Waals surface area contributed by atoms with E-state index in [4.69, 9.17) is 4.74 Å². The average Bonchev–Trinajstić information content (AvgIpc) is 1.85. The van der Waals surface area contributed by atoms with E-state index in [9.17, 15) is 4.79 Å². The first kappa shape index (κ1) is 8.63. The van der Waals surface area contributed by atoms with Crippen LogP contribution in [0.1, 0.15) is 20.3 Å². The second-order valence-corrected chi connectivity index (χ2v) is 2.17. The van der Waals surface area contributed by atoms with Crippen LogP contribution in [0.4, 0.5) is 0 Å². The van der Waals surface area contributed by atoms with E-state index in [1.165, 1.54) is 0 Å². The fourth-order valence-electron chi connectivity index (χ4n) is 0.551. The van der Waals surface area contributed by atoms with Crippen molar-refractivity contribution in [3.63, 3.8) is 0 Å². The van der Waals surface area contributed by atoms with Gasteiger partial charge in [0.25, 0.3) is 0 Å². The highest BCUT2D eigenvalue weighted by Crippen LogP contribution is 1.98. The topological polar surface area (TPSA) is 26.3 Å². The molecule has 9 heavy (non-hydrogen) atoms. The minimum Gasteiger partial charge on any atom is -0.381 e. The van der Waals surface area contributed by atoms with Crippen LogP contribution < -0.4 is 0 Å². The fraction of sp³-hybridized carbons (Fsp3) is 0.857. The van der Waals surface area contributed by atoms with Crippen LogP contribution in [0.3, 0.4) is 0 Å². The number of rotatable bonds is 5. The van der Waals surface area contributed by atoms with E-state index in [-0.39, 0.29) is 0 Å². The van der Waals surface area contributed by atoms with Crippen LogP contribution in [0.5, 0.6) is 0 Å². The van der Waals surface area contributed by atoms with E-state index >= 15 is 0 Å². The second kappa shape index (κ2) is 5.76. The van der Waals surface area contributed by atoms with Crippen LogP contribution >= 0.6 is 0 Å². The van der Waals surface area contributed by atoms with E-state index in [0.717, 1.165) is 12.9 Å². The Morgan fingerprint density at radius 1 is 1.67 bits per heavy atom. The van der Waals surface area contributed by atoms with Gasteiger partial charge < -0.3 is 9.53 Å². The largest absolute Gasteiger partial charge is 0.381 e. The Bertz CT molecular complexity index is 71.3. The van der Waals surface area contributed by atoms with Gasteiger partial charge in [0.1, 0.15) is 6.29 Å². The summed E-state index contributed by atoms with van der Waals surface area (Å²) < 4.78 is 5.09. The number of hydrogen-bond donors (Lipinski definition) is 0. The highest BCUT2D eigenvalue weighted by molar-refractivity contribution is 5.49. The first-order valence-electron chi connectivity index (χ1n) is 3.32. The molecular formula is C7H14O2. The molecule has 0 spiro atoms. The van der Waals surface area contributed by atoms with Gasteiger partial charge in [-0.25, -0.2) is 0 Å². The van der Waals surface area contributed by atoms with Gasteiger partial charge in [-0.15, -0.1) is 0 Å². The number of hydrogen-bond acceptors (Lipinski definition) is 2. The lowest BCUT2D eigenvalue weighted by Crippen LogP contribution is -2.05. The first-order valence-corrected chi connectivity index (χ1v) is 3.32. The molecule has 0 saturated heterocycles. The van der Waals surface area contributed by atoms with Gasteiger partial charge in [0.05, 0.1) is 0 Å². The lowest BCUT2D eigenvalue weighted by atomic mass is 10.1. The standard InChI is InChI=1S/C7H14O2/c1-3-9-6-7(2)4-5-8/h5,7H,3-4,6H2,1-2H3. The van der Waals surface area contributed by atoms with Crippen molar-refractivity contribution in [2.45, 2.75) is 20.3 Å². The lowest BCUT2D eigenvalue weighted by Gasteiger charge is -2.05. The number of ether oxygens (including phenoxy) is 1. The Morgan fingerprint density at radius 2 is 2.33 bits per heavy atom. The monoisotopic (exact) mass is 130 g/mol. The smallest absolute Gasteiger partial charge is 0.120 e. The molecule has 0 radical (unpaired) electrons. The Labute approximate surface area is 56.2 Å². The molecule has 1 unspecified atom stereocenters. The third kappa shape index (κ3) is 5.50. The van der Waals surface area contributed by atoms with Gasteiger partial charge in [0.2, 0.25) is 0 Å². The van der Waals surface area contributed by atoms with E-state index in [2.05, 4.69) is 0 Å². The van der Waals surface area contributed by atoms with Gasteiger partial charge in [-0.2, -0.15) is 0 Å². The summed E-state index contributed by atoms with van der Waals surface area (Å²) in [5.74, 6) is 0.377. The van der Waals surface area contributed by atoms with Crippen LogP contribution in [0.2, 0.25) is 0 Å². The third-order valence-electron chi connectivity index (χ3n) is 1.11. The molecule has 0 saturated carbocycles. The molecule has 0 aromatic heterocycles. The zero-order valence-electron chi connectivity index (χ0n) is 6.09. The quantitative estimate of drug-likeness (QED) is 0.523. The molecule has 0 amide bonds. The Balaban J connectivity index is 3.04. The van der Waals surface area contributed by atoms with Crippen LogP contribution in [0.15, 0.2) is 0 Å². The van der Waals surface area contributed by atoms with Crippen LogP contribution in [0, 0.1) is 5.92 Å². The molecule has 0 aromatic carbocycles. The van der Waals surface area contributed by atoms with Crippen LogP contribution in [0.25, 0.3) is 0 Å². The summed E-state index contributed by atoms with van der Waals surface area (Å²) in [7, 11) is 0. The van der Waals surface area contributed by atoms with Gasteiger partial charge in [-0.1, -0.05) is 6.92 Å². The molecule has 0 fully saturated rings. The predicted molar refractivity (Wildman–Crippen MR) is 36.3 cm³/mol. The van der Waals surface area contributed by atoms with E-state index < -0.39 is 0 Å². The molecule has 0 bridgehead atoms. The van der Waals surface area contributed by atoms with E-state index in [1.54, 1.807) is 0 Å². The van der Waals surface area contributed by atoms with Crippen molar-refractivity contribution >= 4 is 6.29 Å². The van der Waals surface area contributed by atoms with Gasteiger partial charge in [-0.05, 0) is 12.8 Å². The summed E-state index contributed by atoms with van der Waals surface area (Å²) in [5, 5.41) is 0. The van der Waals surface area contributed by atoms with Gasteiger partial charge in [0, 0.05) is 19.6 Å². The highest BCUT2D eigenvalue weighted by Gasteiger charge is 1.98. The Morgan fingerprint density at radius 3 is 2.78 bits per heavy atom. The second-order valence-electron chi connectivity index (χ2n) is 2.17. The van der Waals surface area contributed by atoms with Gasteiger partial charge >= 0.3 is 0 Å². The number of carbonyl (C=O) groups is 1. The molecule has 0 N–H and O–H groups in total. The summed E-state index contributed by atoms with van der Waals surface area (Å²) in [6.45, 7) is 5.40. The van der Waals surface area contributed by atoms with Gasteiger partial charge in [0.15, 0.2) is 0 Å². The van der Waals surface area contributed by atoms with Crippen molar-refractivity contribution in [3.8, 4) is 0 Å². The van der Waals surface area contributed by atoms with Crippen LogP contribution in [-0.4, -0.2) is 19.5 Å². The predicted octanol–water partition coefficient (Wildman–Crippen LogP) is 1.25. The highest BCUT2D eigenvalue weighted by atomic mass is 16.5. The summed E-state index contributed by atoms with van der Waals surface area (Å²) in [5.41, 5.74) is 0. The number of aldehydes is 1. The molecule has 0 aromatic rings. The summed E-state index contributed by atoms with van der Waals surface area (Å²) in [6.07, 6.45) is 1.55. The minimum atomic E-state index is 0.377. The Hall–Kier alpha value is -0.370. The molecule has 2 heteroatoms. The number of carbonyl (C=O) groups excluding carboxylic acids is 1. The lowest BCUT2D eigenvalue weighted by molar-refractivity contribution is -0.108. The maximum atomic E-state index is 9.92. The Kier molecular flexibility index (Phi) is 5.52. The average molecular weight is 130 g/mol. The molecule has 0 rings (SSSR count). The molecule has 0 heterocycles. The molecule has 2 nitrogen and oxygen atoms in total. The first-order chi connectivity index (χ1) is 4.31. The molecule has 0 aliphatic carbocycles. The third-order valence-corrected chi connectivity index (χ3v) is 1.11. The van der Waals surface area contributed by atoms with Crippen molar-refractivity contribution in [1.29, 1.82) is 0 Å². The van der Waals surface area contributed by atoms with Crippen molar-refractivity contribution in [3.05, 3.63) is 0 Å². The maximum absolute atomic E-state index is 9.92. The SMILES string of the molecule is CCOCC(C)CC=O. The molecule has 0 aliphatic rings. The van der Waals surface area contributed by atoms with Gasteiger partial charge in [-0.3, -0.25) is 0 Å². The zero-order valence-corrected chi connectivity index (χ0v) is 6.09. The molecule has 54 valence electrons. The summed E-state index contributed by atoms with van der Waals surface area (Å²) >= 11 is 0. The normalized spacial score (nSPS) is 13.1. The van der Waals surface area contributed by atoms with Crippen molar-refractivity contribution in [1.82, 2.24) is 0 Å². The maximum Gasteiger partial charge on any atom is 0.120 e. The zero-order chi connectivity index (χ0) is 7.11. The fourth-order valence-corrected chi connectivity index (χ4v) is 0.551. The van der Waals surface area contributed by atoms with E-state index in [0.29, 0.717) is 18.9 Å². The van der Waals surface area contributed by atoms with Crippen LogP contribution in [-0.2, 0) is 9.53 Å². The van der Waals surface area contributed by atoms with Crippen molar-refractivity contribution in [2.75, 3.05) is 13.2 Å².